The maximum Gasteiger partial charge on any atom is 0.435 e. The standard InChI is InChI=1S/C25H25F7N4O3/c1-20(2,37)19-34-18(35-39-19)14-9-17(11-33-10-14)22(38,21(3)12-36(4)13-21)15-5-7-16(8-6-15)23(26,24(27,28)29)25(30,31)32/h5-11,37-38H,12-13H2,1-4H3/t22-/m0/s1. The lowest BCUT2D eigenvalue weighted by atomic mass is 9.62. The molecule has 0 bridgehead atoms. The molecule has 3 heterocycles. The second-order valence-electron chi connectivity index (χ2n) is 10.6. The van der Waals surface area contributed by atoms with Crippen LogP contribution in [0.25, 0.3) is 11.4 Å². The molecule has 3 aromatic rings. The minimum Gasteiger partial charge on any atom is -0.381 e. The molecule has 1 atom stereocenters. The summed E-state index contributed by atoms with van der Waals surface area (Å²) in [5.74, 6) is -0.0713. The number of hydrogen-bond donors (Lipinski definition) is 2. The number of alkyl halides is 7. The summed E-state index contributed by atoms with van der Waals surface area (Å²) in [5.41, 5.74) is -11.3. The van der Waals surface area contributed by atoms with Crippen LogP contribution in [0.15, 0.2) is 47.2 Å². The van der Waals surface area contributed by atoms with Gasteiger partial charge in [0, 0.05) is 47.6 Å². The van der Waals surface area contributed by atoms with Crippen LogP contribution in [-0.2, 0) is 16.9 Å². The minimum atomic E-state index is -6.27. The lowest BCUT2D eigenvalue weighted by Crippen LogP contribution is -2.63. The van der Waals surface area contributed by atoms with Crippen LogP contribution in [0.5, 0.6) is 0 Å². The van der Waals surface area contributed by atoms with E-state index in [0.29, 0.717) is 25.2 Å². The van der Waals surface area contributed by atoms with Gasteiger partial charge in [0.05, 0.1) is 0 Å². The van der Waals surface area contributed by atoms with Crippen molar-refractivity contribution in [3.8, 4) is 11.4 Å². The molecular formula is C25H25F7N4O3. The summed E-state index contributed by atoms with van der Waals surface area (Å²) in [6.45, 7) is 5.16. The van der Waals surface area contributed by atoms with Crippen molar-refractivity contribution in [2.24, 2.45) is 5.41 Å². The molecule has 0 aliphatic carbocycles. The average molecular weight is 562 g/mol. The van der Waals surface area contributed by atoms with Gasteiger partial charge in [-0.3, -0.25) is 4.98 Å². The van der Waals surface area contributed by atoms with Crippen molar-refractivity contribution in [3.63, 3.8) is 0 Å². The van der Waals surface area contributed by atoms with Gasteiger partial charge in [-0.2, -0.15) is 31.3 Å². The van der Waals surface area contributed by atoms with Gasteiger partial charge in [-0.25, -0.2) is 4.39 Å². The molecule has 0 spiro atoms. The SMILES string of the molecule is CN1CC(C)([C@](O)(c2ccc(C(F)(C(F)(F)F)C(F)(F)F)cc2)c2cncc(-c3noc(C(C)(C)O)n3)c2)C1. The largest absolute Gasteiger partial charge is 0.435 e. The van der Waals surface area contributed by atoms with Crippen molar-refractivity contribution < 1.29 is 45.5 Å². The Hall–Kier alpha value is -3.10. The fourth-order valence-corrected chi connectivity index (χ4v) is 5.02. The molecule has 4 rings (SSSR count). The summed E-state index contributed by atoms with van der Waals surface area (Å²) in [4.78, 5) is 10.1. The van der Waals surface area contributed by atoms with Crippen LogP contribution in [0.2, 0.25) is 0 Å². The highest BCUT2D eigenvalue weighted by atomic mass is 19.4. The van der Waals surface area contributed by atoms with E-state index in [1.807, 2.05) is 4.90 Å². The predicted molar refractivity (Wildman–Crippen MR) is 123 cm³/mol. The number of aromatic nitrogens is 3. The van der Waals surface area contributed by atoms with E-state index < -0.39 is 40.2 Å². The smallest absolute Gasteiger partial charge is 0.381 e. The minimum absolute atomic E-state index is 0.0209. The third kappa shape index (κ3) is 4.57. The zero-order valence-corrected chi connectivity index (χ0v) is 21.2. The van der Waals surface area contributed by atoms with Crippen molar-refractivity contribution >= 4 is 0 Å². The summed E-state index contributed by atoms with van der Waals surface area (Å²) in [7, 11) is 1.77. The van der Waals surface area contributed by atoms with E-state index in [1.165, 1.54) is 32.3 Å². The van der Waals surface area contributed by atoms with Crippen LogP contribution >= 0.6 is 0 Å². The fourth-order valence-electron chi connectivity index (χ4n) is 5.02. The topological polar surface area (TPSA) is 95.5 Å². The van der Waals surface area contributed by atoms with E-state index in [9.17, 15) is 40.9 Å². The van der Waals surface area contributed by atoms with E-state index in [2.05, 4.69) is 15.1 Å². The first-order chi connectivity index (χ1) is 17.7. The van der Waals surface area contributed by atoms with Gasteiger partial charge in [0.2, 0.25) is 5.82 Å². The molecule has 1 aliphatic heterocycles. The quantitative estimate of drug-likeness (QED) is 0.416. The maximum absolute atomic E-state index is 14.6. The number of pyridine rings is 1. The second-order valence-corrected chi connectivity index (χ2v) is 10.6. The third-order valence-electron chi connectivity index (χ3n) is 6.96. The highest BCUT2D eigenvalue weighted by Crippen LogP contribution is 2.54. The van der Waals surface area contributed by atoms with Crippen LogP contribution in [0.1, 0.15) is 43.4 Å². The number of likely N-dealkylation sites (tertiary alicyclic amines) is 1. The first-order valence-corrected chi connectivity index (χ1v) is 11.6. The Balaban J connectivity index is 1.83. The highest BCUT2D eigenvalue weighted by molar-refractivity contribution is 5.56. The van der Waals surface area contributed by atoms with E-state index in [1.54, 1.807) is 14.0 Å². The van der Waals surface area contributed by atoms with Crippen LogP contribution < -0.4 is 0 Å². The van der Waals surface area contributed by atoms with Crippen molar-refractivity contribution in [2.75, 3.05) is 20.1 Å². The van der Waals surface area contributed by atoms with Crippen molar-refractivity contribution in [1.82, 2.24) is 20.0 Å². The Bertz CT molecular complexity index is 1330. The molecule has 1 aliphatic rings. The van der Waals surface area contributed by atoms with Crippen LogP contribution in [0.3, 0.4) is 0 Å². The molecular weight excluding hydrogens is 537 g/mol. The molecule has 0 amide bonds. The van der Waals surface area contributed by atoms with E-state index in [4.69, 9.17) is 4.52 Å². The molecule has 0 radical (unpaired) electrons. The Morgan fingerprint density at radius 3 is 1.87 bits per heavy atom. The molecule has 14 heteroatoms. The first-order valence-electron chi connectivity index (χ1n) is 11.6. The second kappa shape index (κ2) is 8.96. The molecule has 2 aromatic heterocycles. The van der Waals surface area contributed by atoms with Crippen molar-refractivity contribution in [3.05, 3.63) is 65.3 Å². The normalized spacial score (nSPS) is 18.5. The predicted octanol–water partition coefficient (Wildman–Crippen LogP) is 4.84. The van der Waals surface area contributed by atoms with Gasteiger partial charge in [0.25, 0.3) is 5.89 Å². The van der Waals surface area contributed by atoms with Crippen LogP contribution in [-0.4, -0.2) is 62.7 Å². The number of aliphatic hydroxyl groups is 2. The molecule has 1 fully saturated rings. The van der Waals surface area contributed by atoms with Gasteiger partial charge in [-0.1, -0.05) is 36.3 Å². The van der Waals surface area contributed by atoms with Gasteiger partial charge in [0.15, 0.2) is 0 Å². The van der Waals surface area contributed by atoms with Crippen molar-refractivity contribution in [2.45, 2.75) is 50.0 Å². The lowest BCUT2D eigenvalue weighted by Gasteiger charge is -2.55. The van der Waals surface area contributed by atoms with Gasteiger partial charge >= 0.3 is 18.0 Å². The van der Waals surface area contributed by atoms with E-state index in [-0.39, 0.29) is 28.4 Å². The molecule has 0 saturated carbocycles. The van der Waals surface area contributed by atoms with Gasteiger partial charge in [0.1, 0.15) is 11.2 Å². The average Bonchev–Trinajstić information content (AvgIpc) is 3.32. The fraction of sp³-hybridized carbons (Fsp3) is 0.480. The van der Waals surface area contributed by atoms with E-state index in [0.717, 1.165) is 12.1 Å². The Morgan fingerprint density at radius 2 is 1.41 bits per heavy atom. The van der Waals surface area contributed by atoms with Gasteiger partial charge in [-0.05, 0) is 32.5 Å². The summed E-state index contributed by atoms with van der Waals surface area (Å²) < 4.78 is 99.3. The molecule has 1 saturated heterocycles. The zero-order chi connectivity index (χ0) is 29.2. The maximum atomic E-state index is 14.6. The summed E-state index contributed by atoms with van der Waals surface area (Å²) in [6.07, 6.45) is -9.89. The number of hydrogen-bond acceptors (Lipinski definition) is 7. The number of halogens is 7. The zero-order valence-electron chi connectivity index (χ0n) is 21.2. The number of rotatable bonds is 6. The molecule has 1 aromatic carbocycles. The summed E-state index contributed by atoms with van der Waals surface area (Å²) >= 11 is 0. The van der Waals surface area contributed by atoms with Crippen LogP contribution in [0.4, 0.5) is 30.7 Å². The van der Waals surface area contributed by atoms with Crippen molar-refractivity contribution in [1.29, 1.82) is 0 Å². The number of nitrogens with zero attached hydrogens (tertiary/aromatic N) is 4. The molecule has 39 heavy (non-hydrogen) atoms. The highest BCUT2D eigenvalue weighted by Gasteiger charge is 2.73. The van der Waals surface area contributed by atoms with E-state index >= 15 is 0 Å². The molecule has 212 valence electrons. The third-order valence-corrected chi connectivity index (χ3v) is 6.96. The Labute approximate surface area is 218 Å². The molecule has 0 unspecified atom stereocenters. The molecule has 2 N–H and O–H groups in total. The summed E-state index contributed by atoms with van der Waals surface area (Å²) in [5, 5.41) is 26.1. The Morgan fingerprint density at radius 1 is 0.872 bits per heavy atom. The number of benzene rings is 1. The Kier molecular flexibility index (Phi) is 6.64. The molecule has 7 nitrogen and oxygen atoms in total. The monoisotopic (exact) mass is 562 g/mol. The van der Waals surface area contributed by atoms with Gasteiger partial charge in [-0.15, -0.1) is 0 Å². The lowest BCUT2D eigenvalue weighted by molar-refractivity contribution is -0.348. The summed E-state index contributed by atoms with van der Waals surface area (Å²) in [6, 6.07) is 3.89. The van der Waals surface area contributed by atoms with Crippen LogP contribution in [0, 0.1) is 5.41 Å². The first kappa shape index (κ1) is 28.9. The van der Waals surface area contributed by atoms with Gasteiger partial charge < -0.3 is 19.6 Å².